The fraction of sp³-hybridized carbons (Fsp3) is 0.227. The van der Waals surface area contributed by atoms with Crippen LogP contribution in [0.1, 0.15) is 138 Å². The van der Waals surface area contributed by atoms with Crippen LogP contribution in [-0.4, -0.2) is 0 Å². The van der Waals surface area contributed by atoms with Crippen LogP contribution in [0.5, 0.6) is 0 Å². The summed E-state index contributed by atoms with van der Waals surface area (Å²) < 4.78 is 13.4. The average molecular weight is 1200 g/mol. The van der Waals surface area contributed by atoms with Crippen LogP contribution >= 0.6 is 0 Å². The number of allylic oxidation sites excluding steroid dienone is 14. The predicted octanol–water partition coefficient (Wildman–Crippen LogP) is 24.6. The third-order valence-electron chi connectivity index (χ3n) is 18.8. The number of furan rings is 2. The van der Waals surface area contributed by atoms with Crippen molar-refractivity contribution in [1.82, 2.24) is 0 Å². The summed E-state index contributed by atoms with van der Waals surface area (Å²) in [5.74, 6) is 10.1. The van der Waals surface area contributed by atoms with Gasteiger partial charge in [0.25, 0.3) is 0 Å². The predicted molar refractivity (Wildman–Crippen MR) is 394 cm³/mol. The highest BCUT2D eigenvalue weighted by molar-refractivity contribution is 6.11. The van der Waals surface area contributed by atoms with Gasteiger partial charge in [-0.3, -0.25) is 0 Å². The largest absolute Gasteiger partial charge is 0.456 e. The summed E-state index contributed by atoms with van der Waals surface area (Å²) in [5, 5.41) is 12.0. The summed E-state index contributed by atoms with van der Waals surface area (Å²) in [7, 11) is 0. The van der Waals surface area contributed by atoms with E-state index < -0.39 is 0 Å². The molecule has 15 rings (SSSR count). The Hall–Kier alpha value is -10.0. The quantitative estimate of drug-likeness (QED) is 0.0727. The summed E-state index contributed by atoms with van der Waals surface area (Å²) in [4.78, 5) is 0. The Morgan fingerprint density at radius 1 is 0.685 bits per heavy atom. The zero-order chi connectivity index (χ0) is 63.2. The number of terminal acetylenes is 1. The molecule has 10 aromatic rings. The van der Waals surface area contributed by atoms with Gasteiger partial charge in [0.1, 0.15) is 16.7 Å². The van der Waals surface area contributed by atoms with E-state index in [2.05, 4.69) is 243 Å². The fourth-order valence-corrected chi connectivity index (χ4v) is 13.8. The number of aryl methyl sites for hydroxylation is 1. The fourth-order valence-electron chi connectivity index (χ4n) is 13.8. The highest BCUT2D eigenvalue weighted by atomic mass is 16.3. The van der Waals surface area contributed by atoms with Gasteiger partial charge in [0.15, 0.2) is 5.58 Å². The van der Waals surface area contributed by atoms with Gasteiger partial charge >= 0.3 is 0 Å². The minimum atomic E-state index is -0.0106. The van der Waals surface area contributed by atoms with Crippen molar-refractivity contribution in [1.29, 1.82) is 0 Å². The second-order valence-electron chi connectivity index (χ2n) is 25.2. The first kappa shape index (κ1) is 62.2. The third-order valence-corrected chi connectivity index (χ3v) is 18.8. The highest BCUT2D eigenvalue weighted by Crippen LogP contribution is 2.60. The summed E-state index contributed by atoms with van der Waals surface area (Å²) in [6, 6.07) is 61.6. The van der Waals surface area contributed by atoms with Crippen molar-refractivity contribution < 1.29 is 8.83 Å². The molecule has 0 bridgehead atoms. The van der Waals surface area contributed by atoms with Crippen LogP contribution < -0.4 is 10.6 Å². The molecule has 0 amide bonds. The van der Waals surface area contributed by atoms with E-state index in [0.717, 1.165) is 99.7 Å². The molecule has 2 fully saturated rings. The SMILES string of the molecule is C#C/C=C(\C=C(/C)C1([C@H]2CCc3c(C=CNc4cccc(-c5ccccc5C)c4)cc4oc5cc(Nc6cccc7c6oc6ccccc67)ccc5c4c32)CCCCC1)C1=CCC(C)C=C1.C/C=C\C.C1#CCC(c2ccccc2)=CC(c2ccccc2)=C1.C1CC1. The Labute approximate surface area is 545 Å². The molecule has 0 radical (unpaired) electrons. The van der Waals surface area contributed by atoms with Gasteiger partial charge in [-0.15, -0.1) is 6.42 Å². The Morgan fingerprint density at radius 2 is 1.40 bits per heavy atom. The van der Waals surface area contributed by atoms with Crippen molar-refractivity contribution in [2.75, 3.05) is 10.6 Å². The number of fused-ring (bicyclic) bond motifs is 8. The molecule has 2 N–H and O–H groups in total. The monoisotopic (exact) mass is 1200 g/mol. The van der Waals surface area contributed by atoms with Crippen LogP contribution in [0.4, 0.5) is 17.1 Å². The Bertz CT molecular complexity index is 4650. The second kappa shape index (κ2) is 29.3. The van der Waals surface area contributed by atoms with Crippen molar-refractivity contribution in [3.05, 3.63) is 287 Å². The third kappa shape index (κ3) is 14.1. The van der Waals surface area contributed by atoms with E-state index in [4.69, 9.17) is 15.3 Å². The van der Waals surface area contributed by atoms with Crippen LogP contribution in [0.15, 0.2) is 262 Å². The number of anilines is 3. The number of benzene rings is 8. The normalized spacial score (nSPS) is 17.4. The maximum Gasteiger partial charge on any atom is 0.158 e. The van der Waals surface area contributed by atoms with Gasteiger partial charge in [-0.1, -0.05) is 233 Å². The second-order valence-corrected chi connectivity index (χ2v) is 25.2. The van der Waals surface area contributed by atoms with Crippen molar-refractivity contribution in [2.45, 2.75) is 118 Å². The number of para-hydroxylation sites is 2. The van der Waals surface area contributed by atoms with Gasteiger partial charge in [-0.25, -0.2) is 0 Å². The molecule has 0 saturated heterocycles. The molecule has 8 aromatic carbocycles. The molecule has 92 heavy (non-hydrogen) atoms. The zero-order valence-corrected chi connectivity index (χ0v) is 54.1. The molecule has 4 heteroatoms. The number of hydrogen-bond donors (Lipinski definition) is 2. The maximum absolute atomic E-state index is 7.01. The van der Waals surface area contributed by atoms with Crippen molar-refractivity contribution in [3.8, 4) is 35.3 Å². The van der Waals surface area contributed by atoms with Gasteiger partial charge < -0.3 is 19.5 Å². The highest BCUT2D eigenvalue weighted by Gasteiger charge is 2.46. The van der Waals surface area contributed by atoms with E-state index in [-0.39, 0.29) is 5.41 Å². The van der Waals surface area contributed by atoms with Crippen LogP contribution in [0, 0.1) is 42.4 Å². The first-order valence-electron chi connectivity index (χ1n) is 33.3. The summed E-state index contributed by atoms with van der Waals surface area (Å²) in [6.45, 7) is 10.8. The number of nitrogens with one attached hydrogen (secondary N) is 2. The van der Waals surface area contributed by atoms with Crippen molar-refractivity contribution in [3.63, 3.8) is 0 Å². The van der Waals surface area contributed by atoms with Crippen molar-refractivity contribution in [2.24, 2.45) is 11.3 Å². The lowest BCUT2D eigenvalue weighted by Gasteiger charge is -2.44. The lowest BCUT2D eigenvalue weighted by atomic mass is 9.59. The van der Waals surface area contributed by atoms with Crippen molar-refractivity contribution >= 4 is 78.2 Å². The van der Waals surface area contributed by atoms with E-state index in [1.54, 1.807) is 0 Å². The standard InChI is InChI=1S/C62H56N2O2.C19H14.C4H8.C3H6/c1-5-15-44(43-26-24-40(2)25-27-43)36-42(4)62(33-11-6-12-34-62)54-31-30-50-46(32-35-63-47-18-13-17-45(37-47)49-19-8-7-16-41(49)3)38-58-60(59(50)54)53-29-28-48(39-57(53)65-58)64-55-22-14-21-52-51-20-9-10-23-56(51)66-61(52)55;1-3-9-16(10-4-1)18-13-7-8-14-19(15-18)17-11-5-2-6-12-17;1-3-4-2;1-2-3-1/h1,7-10,13-24,26-29,32,35-40,54,63-64H,6,11-12,25,30-31,33-34H2,2-4H3;1-6,9-13,15H,14H2;3-4H,1-2H3;1-3H2/b35-32?,42-36+,44-15+;;4-3-;/t40?,54-;;;/m0.../s1. The summed E-state index contributed by atoms with van der Waals surface area (Å²) in [5.41, 5.74) is 23.0. The maximum atomic E-state index is 7.01. The minimum absolute atomic E-state index is 0.0106. The van der Waals surface area contributed by atoms with Crippen LogP contribution in [0.3, 0.4) is 0 Å². The van der Waals surface area contributed by atoms with E-state index in [1.807, 2.05) is 62.4 Å². The van der Waals surface area contributed by atoms with E-state index >= 15 is 0 Å². The van der Waals surface area contributed by atoms with Gasteiger partial charge in [-0.05, 0) is 211 Å². The van der Waals surface area contributed by atoms with E-state index in [0.29, 0.717) is 11.8 Å². The Kier molecular flexibility index (Phi) is 19.8. The first-order chi connectivity index (χ1) is 45.2. The molecule has 5 aliphatic carbocycles. The van der Waals surface area contributed by atoms with Gasteiger partial charge in [0, 0.05) is 51.6 Å². The molecule has 0 aliphatic heterocycles. The average Bonchev–Trinajstić information content (AvgIpc) is 1.54. The van der Waals surface area contributed by atoms with Gasteiger partial charge in [0.2, 0.25) is 0 Å². The van der Waals surface area contributed by atoms with Crippen LogP contribution in [-0.2, 0) is 6.42 Å². The van der Waals surface area contributed by atoms with E-state index in [1.165, 1.54) is 111 Å². The molecular weight excluding hydrogens is 1120 g/mol. The minimum Gasteiger partial charge on any atom is -0.456 e. The Balaban J connectivity index is 0.000000260. The molecule has 2 saturated carbocycles. The lowest BCUT2D eigenvalue weighted by Crippen LogP contribution is -2.32. The first-order valence-corrected chi connectivity index (χ1v) is 33.3. The summed E-state index contributed by atoms with van der Waals surface area (Å²) in [6.07, 6.45) is 44.5. The number of rotatable bonds is 12. The van der Waals surface area contributed by atoms with Crippen LogP contribution in [0.25, 0.3) is 72.2 Å². The van der Waals surface area contributed by atoms with Crippen LogP contribution in [0.2, 0.25) is 0 Å². The zero-order valence-electron chi connectivity index (χ0n) is 54.1. The molecule has 2 heterocycles. The molecule has 4 nitrogen and oxygen atoms in total. The van der Waals surface area contributed by atoms with Gasteiger partial charge in [0.05, 0.1) is 5.69 Å². The topological polar surface area (TPSA) is 50.3 Å². The molecular formula is C88H84N2O2. The molecule has 2 atom stereocenters. The number of hydrogen-bond acceptors (Lipinski definition) is 4. The molecule has 0 spiro atoms. The smallest absolute Gasteiger partial charge is 0.158 e. The Morgan fingerprint density at radius 3 is 2.15 bits per heavy atom. The molecule has 2 aromatic heterocycles. The lowest BCUT2D eigenvalue weighted by molar-refractivity contribution is 0.189. The summed E-state index contributed by atoms with van der Waals surface area (Å²) >= 11 is 0. The molecule has 5 aliphatic rings. The molecule has 1 unspecified atom stereocenters. The van der Waals surface area contributed by atoms with Gasteiger partial charge in [-0.2, -0.15) is 0 Å². The molecule has 458 valence electrons. The van der Waals surface area contributed by atoms with E-state index in [9.17, 15) is 0 Å².